The van der Waals surface area contributed by atoms with E-state index in [1.54, 1.807) is 0 Å². The Morgan fingerprint density at radius 3 is 2.57 bits per heavy atom. The van der Waals surface area contributed by atoms with Gasteiger partial charge < -0.3 is 5.32 Å². The van der Waals surface area contributed by atoms with Crippen LogP contribution in [0.5, 0.6) is 0 Å². The maximum atomic E-state index is 3.92. The first-order valence-corrected chi connectivity index (χ1v) is 9.62. The van der Waals surface area contributed by atoms with Crippen LogP contribution in [-0.4, -0.2) is 36.1 Å². The predicted molar refractivity (Wildman–Crippen MR) is 90.6 cm³/mol. The molecule has 2 aliphatic carbocycles. The average Bonchev–Trinajstić information content (AvgIpc) is 2.79. The largest absolute Gasteiger partial charge is 0.312 e. The van der Waals surface area contributed by atoms with Gasteiger partial charge >= 0.3 is 0 Å². The van der Waals surface area contributed by atoms with Crippen LogP contribution in [0.3, 0.4) is 0 Å². The van der Waals surface area contributed by atoms with Gasteiger partial charge in [-0.15, -0.1) is 0 Å². The van der Waals surface area contributed by atoms with Gasteiger partial charge in [0.05, 0.1) is 0 Å². The zero-order valence-corrected chi connectivity index (χ0v) is 14.5. The van der Waals surface area contributed by atoms with E-state index in [0.29, 0.717) is 11.5 Å². The number of piperidine rings is 1. The number of nitrogens with one attached hydrogen (secondary N) is 1. The molecular weight excluding hydrogens is 256 g/mol. The topological polar surface area (TPSA) is 15.3 Å². The summed E-state index contributed by atoms with van der Waals surface area (Å²) in [6.45, 7) is 9.83. The fourth-order valence-corrected chi connectivity index (χ4v) is 5.51. The Kier molecular flexibility index (Phi) is 4.95. The Hall–Kier alpha value is -0.0800. The number of likely N-dealkylation sites (tertiary alicyclic amines) is 1. The third kappa shape index (κ3) is 3.17. The smallest absolute Gasteiger partial charge is 0.0274 e. The Bertz CT molecular complexity index is 336. The molecular formula is C19H36N2. The van der Waals surface area contributed by atoms with Crippen molar-refractivity contribution < 1.29 is 0 Å². The highest BCUT2D eigenvalue weighted by atomic mass is 15.2. The van der Waals surface area contributed by atoms with E-state index in [4.69, 9.17) is 0 Å². The van der Waals surface area contributed by atoms with Crippen LogP contribution in [0.4, 0.5) is 0 Å². The molecule has 2 nitrogen and oxygen atoms in total. The van der Waals surface area contributed by atoms with Crippen molar-refractivity contribution in [3.05, 3.63) is 0 Å². The summed E-state index contributed by atoms with van der Waals surface area (Å²) in [5.41, 5.74) is 0.474. The molecule has 0 radical (unpaired) electrons. The summed E-state index contributed by atoms with van der Waals surface area (Å²) in [6.07, 6.45) is 13.0. The van der Waals surface area contributed by atoms with Crippen LogP contribution in [0.2, 0.25) is 0 Å². The van der Waals surface area contributed by atoms with Gasteiger partial charge in [0.15, 0.2) is 0 Å². The van der Waals surface area contributed by atoms with E-state index in [1.165, 1.54) is 70.9 Å². The summed E-state index contributed by atoms with van der Waals surface area (Å²) in [4.78, 5) is 2.97. The predicted octanol–water partition coefficient (Wildman–Crippen LogP) is 4.20. The molecule has 2 saturated carbocycles. The normalized spacial score (nSPS) is 40.1. The Balaban J connectivity index is 1.74. The lowest BCUT2D eigenvalue weighted by Gasteiger charge is -2.49. The van der Waals surface area contributed by atoms with Crippen molar-refractivity contribution in [3.63, 3.8) is 0 Å². The van der Waals surface area contributed by atoms with E-state index in [2.05, 4.69) is 31.0 Å². The van der Waals surface area contributed by atoms with Crippen LogP contribution < -0.4 is 5.32 Å². The van der Waals surface area contributed by atoms with Crippen LogP contribution in [0.15, 0.2) is 0 Å². The molecule has 2 heteroatoms. The van der Waals surface area contributed by atoms with Gasteiger partial charge in [-0.05, 0) is 69.4 Å². The molecule has 21 heavy (non-hydrogen) atoms. The molecule has 0 spiro atoms. The first-order valence-electron chi connectivity index (χ1n) is 9.62. The van der Waals surface area contributed by atoms with Gasteiger partial charge in [0.1, 0.15) is 0 Å². The van der Waals surface area contributed by atoms with Gasteiger partial charge in [0.25, 0.3) is 0 Å². The molecule has 1 aliphatic heterocycles. The van der Waals surface area contributed by atoms with E-state index < -0.39 is 0 Å². The number of nitrogens with zero attached hydrogens (tertiary/aromatic N) is 1. The zero-order chi connectivity index (χ0) is 14.9. The molecule has 2 unspecified atom stereocenters. The maximum absolute atomic E-state index is 3.92. The van der Waals surface area contributed by atoms with Crippen molar-refractivity contribution in [2.75, 3.05) is 13.1 Å². The van der Waals surface area contributed by atoms with Crippen LogP contribution in [-0.2, 0) is 0 Å². The van der Waals surface area contributed by atoms with Gasteiger partial charge in [-0.25, -0.2) is 0 Å². The number of hydrogen-bond acceptors (Lipinski definition) is 2. The molecule has 3 rings (SSSR count). The fourth-order valence-electron chi connectivity index (χ4n) is 5.51. The van der Waals surface area contributed by atoms with Gasteiger partial charge in [0.2, 0.25) is 0 Å². The Morgan fingerprint density at radius 2 is 1.76 bits per heavy atom. The molecule has 0 aromatic heterocycles. The monoisotopic (exact) mass is 292 g/mol. The second-order valence-corrected chi connectivity index (χ2v) is 8.52. The maximum Gasteiger partial charge on any atom is 0.0274 e. The van der Waals surface area contributed by atoms with E-state index in [0.717, 1.165) is 18.0 Å². The minimum Gasteiger partial charge on any atom is -0.312 e. The van der Waals surface area contributed by atoms with Crippen molar-refractivity contribution in [1.82, 2.24) is 10.2 Å². The van der Waals surface area contributed by atoms with Crippen molar-refractivity contribution >= 4 is 0 Å². The fraction of sp³-hybridized carbons (Fsp3) is 1.00. The van der Waals surface area contributed by atoms with E-state index in [-0.39, 0.29) is 0 Å². The number of fused-ring (bicyclic) bond motifs is 1. The molecule has 0 bridgehead atoms. The molecule has 0 aromatic carbocycles. The number of hydrogen-bond donors (Lipinski definition) is 1. The second-order valence-electron chi connectivity index (χ2n) is 8.52. The lowest BCUT2D eigenvalue weighted by Crippen LogP contribution is -2.58. The van der Waals surface area contributed by atoms with Gasteiger partial charge in [-0.2, -0.15) is 0 Å². The second kappa shape index (κ2) is 6.58. The van der Waals surface area contributed by atoms with E-state index >= 15 is 0 Å². The minimum absolute atomic E-state index is 0.474. The molecule has 0 aromatic rings. The van der Waals surface area contributed by atoms with Crippen molar-refractivity contribution in [1.29, 1.82) is 0 Å². The summed E-state index contributed by atoms with van der Waals surface area (Å²) in [5.74, 6) is 1.02. The average molecular weight is 293 g/mol. The van der Waals surface area contributed by atoms with E-state index in [1.807, 2.05) is 0 Å². The summed E-state index contributed by atoms with van der Waals surface area (Å²) < 4.78 is 0. The van der Waals surface area contributed by atoms with E-state index in [9.17, 15) is 0 Å². The first kappa shape index (κ1) is 15.8. The molecule has 122 valence electrons. The van der Waals surface area contributed by atoms with Crippen molar-refractivity contribution in [3.8, 4) is 0 Å². The Morgan fingerprint density at radius 1 is 1.00 bits per heavy atom. The lowest BCUT2D eigenvalue weighted by molar-refractivity contribution is 0.0125. The molecule has 1 saturated heterocycles. The van der Waals surface area contributed by atoms with Crippen LogP contribution in [0.25, 0.3) is 0 Å². The summed E-state index contributed by atoms with van der Waals surface area (Å²) in [6, 6.07) is 2.42. The molecule has 4 atom stereocenters. The van der Waals surface area contributed by atoms with Crippen LogP contribution in [0, 0.1) is 11.3 Å². The SMILES string of the molecule is CCCNC1C(N2CCC[C@H]3CCCC[C@H]32)CCC1(C)C. The minimum atomic E-state index is 0.474. The third-order valence-corrected chi connectivity index (χ3v) is 6.64. The van der Waals surface area contributed by atoms with Gasteiger partial charge in [-0.1, -0.05) is 33.6 Å². The van der Waals surface area contributed by atoms with Gasteiger partial charge in [-0.3, -0.25) is 4.90 Å². The highest BCUT2D eigenvalue weighted by Crippen LogP contribution is 2.44. The van der Waals surface area contributed by atoms with Crippen molar-refractivity contribution in [2.45, 2.75) is 96.7 Å². The summed E-state index contributed by atoms with van der Waals surface area (Å²) in [5, 5.41) is 3.92. The first-order chi connectivity index (χ1) is 10.1. The van der Waals surface area contributed by atoms with Crippen molar-refractivity contribution in [2.24, 2.45) is 11.3 Å². The lowest BCUT2D eigenvalue weighted by atomic mass is 9.77. The number of rotatable bonds is 4. The zero-order valence-electron chi connectivity index (χ0n) is 14.5. The summed E-state index contributed by atoms with van der Waals surface area (Å²) in [7, 11) is 0. The van der Waals surface area contributed by atoms with Crippen LogP contribution >= 0.6 is 0 Å². The Labute approximate surface area is 132 Å². The van der Waals surface area contributed by atoms with Gasteiger partial charge in [0, 0.05) is 18.1 Å². The van der Waals surface area contributed by atoms with Crippen LogP contribution in [0.1, 0.15) is 78.6 Å². The molecule has 0 amide bonds. The molecule has 1 heterocycles. The standard InChI is InChI=1S/C19H36N2/c1-4-13-20-18-17(11-12-19(18,2)3)21-14-7-9-15-8-5-6-10-16(15)21/h15-18,20H,4-14H2,1-3H3/t15-,16-,17?,18?/m1/s1. The summed E-state index contributed by atoms with van der Waals surface area (Å²) >= 11 is 0. The highest BCUT2D eigenvalue weighted by Gasteiger charge is 2.47. The third-order valence-electron chi connectivity index (χ3n) is 6.64. The molecule has 3 fully saturated rings. The molecule has 1 N–H and O–H groups in total. The highest BCUT2D eigenvalue weighted by molar-refractivity contribution is 5.04. The molecule has 3 aliphatic rings. The quantitative estimate of drug-likeness (QED) is 0.835.